The molecule has 0 aliphatic carbocycles. The summed E-state index contributed by atoms with van der Waals surface area (Å²) in [6.07, 6.45) is 2.06. The molecule has 0 aliphatic rings. The zero-order chi connectivity index (χ0) is 24.2. The zero-order valence-corrected chi connectivity index (χ0v) is 22.6. The molecule has 4 atom stereocenters. The van der Waals surface area contributed by atoms with Crippen LogP contribution in [0.15, 0.2) is 87.5 Å². The summed E-state index contributed by atoms with van der Waals surface area (Å²) in [4.78, 5) is 2.35. The molecule has 3 rings (SSSR count). The van der Waals surface area contributed by atoms with E-state index in [9.17, 15) is 8.42 Å². The first kappa shape index (κ1) is 25.9. The van der Waals surface area contributed by atoms with Gasteiger partial charge >= 0.3 is 0 Å². The number of hydrogen-bond donors (Lipinski definition) is 1. The SMILES string of the molecule is CS[C@@H](c1ccccc1S(=O)c1ccc(C)cc1)[C@H](NS(=O)c1ccc(C)cc1)C(C)(C)C. The number of aryl methyl sites for hydroxylation is 2. The fraction of sp³-hybridized carbons (Fsp3) is 0.333. The van der Waals surface area contributed by atoms with E-state index < -0.39 is 21.8 Å². The van der Waals surface area contributed by atoms with Crippen LogP contribution < -0.4 is 4.72 Å². The summed E-state index contributed by atoms with van der Waals surface area (Å²) in [5, 5.41) is -0.0370. The average molecular weight is 500 g/mol. The Bertz CT molecular complexity index is 1120. The minimum atomic E-state index is -1.36. The van der Waals surface area contributed by atoms with Crippen molar-refractivity contribution in [2.45, 2.75) is 60.6 Å². The van der Waals surface area contributed by atoms with Gasteiger partial charge in [-0.25, -0.2) is 13.1 Å². The van der Waals surface area contributed by atoms with Crippen LogP contribution in [-0.2, 0) is 21.8 Å². The molecule has 0 amide bonds. The van der Waals surface area contributed by atoms with Crippen LogP contribution >= 0.6 is 11.8 Å². The third-order valence-corrected chi connectivity index (χ3v) is 9.29. The van der Waals surface area contributed by atoms with Crippen molar-refractivity contribution in [2.24, 2.45) is 5.41 Å². The number of benzene rings is 3. The van der Waals surface area contributed by atoms with Crippen LogP contribution in [0.4, 0.5) is 0 Å². The van der Waals surface area contributed by atoms with Gasteiger partial charge in [0.25, 0.3) is 0 Å². The number of thioether (sulfide) groups is 1. The van der Waals surface area contributed by atoms with E-state index in [4.69, 9.17) is 0 Å². The molecule has 0 aliphatic heterocycles. The minimum absolute atomic E-state index is 0.0370. The Labute approximate surface area is 207 Å². The van der Waals surface area contributed by atoms with Crippen molar-refractivity contribution in [1.29, 1.82) is 0 Å². The molecule has 0 radical (unpaired) electrons. The molecule has 3 nitrogen and oxygen atoms in total. The van der Waals surface area contributed by atoms with Crippen molar-refractivity contribution < 1.29 is 8.42 Å². The van der Waals surface area contributed by atoms with Gasteiger partial charge in [0.1, 0.15) is 11.0 Å². The monoisotopic (exact) mass is 499 g/mol. The molecule has 33 heavy (non-hydrogen) atoms. The van der Waals surface area contributed by atoms with E-state index in [1.807, 2.05) is 80.6 Å². The highest BCUT2D eigenvalue weighted by molar-refractivity contribution is 7.99. The molecule has 0 aromatic heterocycles. The lowest BCUT2D eigenvalue weighted by atomic mass is 9.83. The van der Waals surface area contributed by atoms with Crippen molar-refractivity contribution >= 4 is 33.5 Å². The molecule has 2 unspecified atom stereocenters. The highest BCUT2D eigenvalue weighted by Crippen LogP contribution is 2.41. The predicted octanol–water partition coefficient (Wildman–Crippen LogP) is 6.60. The van der Waals surface area contributed by atoms with Gasteiger partial charge in [-0.3, -0.25) is 0 Å². The molecular formula is C27H33NO2S3. The van der Waals surface area contributed by atoms with Crippen molar-refractivity contribution in [1.82, 2.24) is 4.72 Å². The molecule has 0 heterocycles. The Kier molecular flexibility index (Phi) is 8.73. The van der Waals surface area contributed by atoms with E-state index in [1.54, 1.807) is 11.8 Å². The summed E-state index contributed by atoms with van der Waals surface area (Å²) in [7, 11) is -2.66. The second kappa shape index (κ2) is 11.1. The second-order valence-corrected chi connectivity index (χ2v) is 13.0. The number of nitrogens with one attached hydrogen (secondary N) is 1. The summed E-state index contributed by atoms with van der Waals surface area (Å²) in [6.45, 7) is 10.5. The molecule has 0 bridgehead atoms. The fourth-order valence-electron chi connectivity index (χ4n) is 3.65. The smallest absolute Gasteiger partial charge is 0.125 e. The number of rotatable bonds is 8. The molecule has 3 aromatic carbocycles. The molecular weight excluding hydrogens is 467 g/mol. The van der Waals surface area contributed by atoms with E-state index in [-0.39, 0.29) is 16.7 Å². The van der Waals surface area contributed by atoms with Gasteiger partial charge in [-0.05, 0) is 61.4 Å². The van der Waals surface area contributed by atoms with Crippen molar-refractivity contribution in [3.05, 3.63) is 89.5 Å². The van der Waals surface area contributed by atoms with Crippen LogP contribution in [0.25, 0.3) is 0 Å². The van der Waals surface area contributed by atoms with Gasteiger partial charge in [-0.15, -0.1) is 0 Å². The lowest BCUT2D eigenvalue weighted by Crippen LogP contribution is -2.45. The molecule has 1 N–H and O–H groups in total. The molecule has 0 saturated heterocycles. The summed E-state index contributed by atoms with van der Waals surface area (Å²) in [5.74, 6) is 0. The first-order valence-corrected chi connectivity index (χ1v) is 14.6. The predicted molar refractivity (Wildman–Crippen MR) is 143 cm³/mol. The van der Waals surface area contributed by atoms with E-state index >= 15 is 0 Å². The Morgan fingerprint density at radius 1 is 0.788 bits per heavy atom. The fourth-order valence-corrected chi connectivity index (χ4v) is 7.51. The quantitative estimate of drug-likeness (QED) is 0.380. The van der Waals surface area contributed by atoms with Crippen LogP contribution in [0, 0.1) is 19.3 Å². The lowest BCUT2D eigenvalue weighted by molar-refractivity contribution is 0.295. The van der Waals surface area contributed by atoms with Gasteiger partial charge in [0.05, 0.1) is 15.7 Å². The van der Waals surface area contributed by atoms with E-state index in [2.05, 4.69) is 37.8 Å². The second-order valence-electron chi connectivity index (χ2n) is 9.32. The van der Waals surface area contributed by atoms with Crippen LogP contribution in [0.1, 0.15) is 42.7 Å². The summed E-state index contributed by atoms with van der Waals surface area (Å²) < 4.78 is 30.2. The summed E-state index contributed by atoms with van der Waals surface area (Å²) in [5.41, 5.74) is 3.10. The Morgan fingerprint density at radius 2 is 1.30 bits per heavy atom. The average Bonchev–Trinajstić information content (AvgIpc) is 2.79. The third-order valence-electron chi connectivity index (χ3n) is 5.62. The normalized spacial score (nSPS) is 15.6. The van der Waals surface area contributed by atoms with Gasteiger partial charge in [0.2, 0.25) is 0 Å². The highest BCUT2D eigenvalue weighted by Gasteiger charge is 2.36. The van der Waals surface area contributed by atoms with E-state index in [0.717, 1.165) is 31.4 Å². The summed E-state index contributed by atoms with van der Waals surface area (Å²) in [6, 6.07) is 23.4. The Morgan fingerprint density at radius 3 is 1.82 bits per heavy atom. The van der Waals surface area contributed by atoms with Crippen LogP contribution in [0.5, 0.6) is 0 Å². The number of hydrogen-bond acceptors (Lipinski definition) is 3. The van der Waals surface area contributed by atoms with Crippen molar-refractivity contribution in [2.75, 3.05) is 6.26 Å². The van der Waals surface area contributed by atoms with E-state index in [1.165, 1.54) is 0 Å². The molecule has 3 aromatic rings. The van der Waals surface area contributed by atoms with Gasteiger partial charge < -0.3 is 0 Å². The summed E-state index contributed by atoms with van der Waals surface area (Å²) >= 11 is 1.70. The molecule has 0 fully saturated rings. The zero-order valence-electron chi connectivity index (χ0n) is 20.1. The largest absolute Gasteiger partial charge is 0.249 e. The van der Waals surface area contributed by atoms with Crippen LogP contribution in [-0.4, -0.2) is 20.7 Å². The lowest BCUT2D eigenvalue weighted by Gasteiger charge is -2.37. The Balaban J connectivity index is 1.99. The maximum atomic E-state index is 13.6. The van der Waals surface area contributed by atoms with Gasteiger partial charge in [0.15, 0.2) is 0 Å². The standard InChI is InChI=1S/C27H33NO2S3/c1-19-11-15-21(16-12-19)32(29)24-10-8-7-9-23(24)25(31-6)26(27(3,4)5)28-33(30)22-17-13-20(2)14-18-22/h7-18,25-26,28H,1-6H3/t25-,26-,32?,33?/m0/s1. The maximum Gasteiger partial charge on any atom is 0.125 e. The molecule has 0 saturated carbocycles. The van der Waals surface area contributed by atoms with Gasteiger partial charge in [-0.2, -0.15) is 11.8 Å². The van der Waals surface area contributed by atoms with Crippen LogP contribution in [0.3, 0.4) is 0 Å². The van der Waals surface area contributed by atoms with Crippen LogP contribution in [0.2, 0.25) is 0 Å². The van der Waals surface area contributed by atoms with E-state index in [0.29, 0.717) is 0 Å². The highest BCUT2D eigenvalue weighted by atomic mass is 32.2. The first-order valence-electron chi connectivity index (χ1n) is 11.0. The third kappa shape index (κ3) is 6.44. The van der Waals surface area contributed by atoms with Gasteiger partial charge in [0, 0.05) is 21.1 Å². The minimum Gasteiger partial charge on any atom is -0.249 e. The first-order chi connectivity index (χ1) is 15.6. The molecule has 6 heteroatoms. The maximum absolute atomic E-state index is 13.6. The Hall–Kier alpha value is -1.73. The topological polar surface area (TPSA) is 46.2 Å². The van der Waals surface area contributed by atoms with Crippen molar-refractivity contribution in [3.8, 4) is 0 Å². The molecule has 176 valence electrons. The van der Waals surface area contributed by atoms with Gasteiger partial charge in [-0.1, -0.05) is 74.4 Å². The molecule has 0 spiro atoms. The van der Waals surface area contributed by atoms with Crippen molar-refractivity contribution in [3.63, 3.8) is 0 Å².